The highest BCUT2D eigenvalue weighted by Gasteiger charge is 2.49. The number of nitrogens with zero attached hydrogens (tertiary/aromatic N) is 6. The molecule has 4 fully saturated rings. The summed E-state index contributed by atoms with van der Waals surface area (Å²) in [6.07, 6.45) is 0.551. The van der Waals surface area contributed by atoms with E-state index in [0.29, 0.717) is 77.0 Å². The molecule has 0 bridgehead atoms. The van der Waals surface area contributed by atoms with Crippen molar-refractivity contribution in [2.75, 3.05) is 46.0 Å². The highest BCUT2D eigenvalue weighted by molar-refractivity contribution is 8.01. The van der Waals surface area contributed by atoms with E-state index in [4.69, 9.17) is 11.5 Å². The van der Waals surface area contributed by atoms with Crippen LogP contribution in [0.15, 0.2) is 85.2 Å². The fourth-order valence-electron chi connectivity index (χ4n) is 18.6. The Balaban J connectivity index is 1.13. The number of thioether (sulfide) groups is 1. The van der Waals surface area contributed by atoms with E-state index in [1.165, 1.54) is 60.6 Å². The van der Waals surface area contributed by atoms with E-state index in [-0.39, 0.29) is 115 Å². The molecule has 41 heteroatoms. The maximum Gasteiger partial charge on any atom is 0.323 e. The molecule has 39 nitrogen and oxygen atoms in total. The summed E-state index contributed by atoms with van der Waals surface area (Å²) in [6, 6.07) is -2.92. The number of amides is 15. The van der Waals surface area contributed by atoms with Crippen molar-refractivity contribution in [1.82, 2.24) is 81.9 Å². The van der Waals surface area contributed by atoms with Gasteiger partial charge in [0.05, 0.1) is 18.3 Å². The van der Waals surface area contributed by atoms with Gasteiger partial charge in [-0.15, -0.1) is 11.8 Å². The number of aromatic amines is 1. The maximum absolute atomic E-state index is 16.0. The minimum atomic E-state index is -1.90. The van der Waals surface area contributed by atoms with Crippen LogP contribution in [-0.4, -0.2) is 297 Å². The first kappa shape index (κ1) is 111. The zero-order chi connectivity index (χ0) is 103. The number of nitrogens with two attached hydrogens (primary N) is 2. The molecule has 140 heavy (non-hydrogen) atoms. The molecule has 6 heterocycles. The monoisotopic (exact) mass is 1970 g/mol. The number of rotatable bonds is 26. The standard InChI is InChI=1S/C99H141FN18O21S/c1-14-16-28-74-89(131)107-67(43-55(3)4)88(130)112-83(84(102)126)99(10,11)140-54-80(121)104-70(45-57-33-35-60(100)36-34-57)94(136)116-41-23-22-31-75(116)91(133)111-72(49-81(122)123)95(137)117-42-24-32-76(117)90(132)106-65(37-38-79(120)98(7,8)9)85(127)109-69(44-56(5)6)96(138)118-52-61(119)48-78(118)92(134)108-68(46-58-50-103-64-27-20-18-25-62(58)64)87(129)105-66(39-40-101)86(128)110-71(93(135)114(13)77(29-17-15-2)97(139)113(74)12)47-59-51-115(53-82(124)125)73-30-21-19-26-63(59)73/h18-21,25-27,30,33-36,50-51,55-56,61,65-72,74-78,83,103,119H,14-17,22-24,28-29,31-32,37-49,52-54,101H2,1-13H3,(H2,102,126)(H,104,121)(H,105,129)(H,106,132)(H,107,131)(H,108,134)(H,109,127)(H,110,128)(H,111,133)(H,112,130)(H,122,123)(H,124,125)/t61-,65+,66+,67+,68+,69+,70+,71+,72+,74+,75+,76+,77+,78+,83-/m1/s1. The van der Waals surface area contributed by atoms with Gasteiger partial charge in [0.25, 0.3) is 0 Å². The molecule has 0 saturated carbocycles. The molecule has 5 aromatic rings. The predicted octanol–water partition coefficient (Wildman–Crippen LogP) is 3.43. The topological polar surface area (TPSA) is 565 Å². The third-order valence-electron chi connectivity index (χ3n) is 26.3. The molecular formula is C99H141FN18O21S. The Morgan fingerprint density at radius 2 is 1.04 bits per heavy atom. The summed E-state index contributed by atoms with van der Waals surface area (Å²) in [7, 11) is 2.72. The number of carboxylic acids is 2. The van der Waals surface area contributed by atoms with E-state index in [2.05, 4.69) is 52.8 Å². The minimum Gasteiger partial charge on any atom is -0.481 e. The van der Waals surface area contributed by atoms with E-state index in [0.717, 1.165) is 38.6 Å². The van der Waals surface area contributed by atoms with Gasteiger partial charge in [0.2, 0.25) is 88.6 Å². The summed E-state index contributed by atoms with van der Waals surface area (Å²) in [5, 5.41) is 58.0. The van der Waals surface area contributed by atoms with E-state index < -0.39 is 245 Å². The summed E-state index contributed by atoms with van der Waals surface area (Å²) in [6.45, 7) is 17.1. The van der Waals surface area contributed by atoms with Crippen LogP contribution in [0, 0.1) is 23.1 Å². The number of likely N-dealkylation sites (N-methyl/N-ethyl adjacent to an activating group) is 2. The number of ketones is 1. The Labute approximate surface area is 819 Å². The number of primary amides is 1. The number of hydrogen-bond donors (Lipinski definition) is 15. The van der Waals surface area contributed by atoms with Crippen LogP contribution in [0.1, 0.15) is 208 Å². The van der Waals surface area contributed by atoms with E-state index in [1.54, 1.807) is 103 Å². The summed E-state index contributed by atoms with van der Waals surface area (Å²) in [4.78, 5) is 276. The zero-order valence-electron chi connectivity index (χ0n) is 82.3. The number of hydrogen-bond acceptors (Lipinski definition) is 21. The average Bonchev–Trinajstić information content (AvgIpc) is 1.65. The summed E-state index contributed by atoms with van der Waals surface area (Å²) >= 11 is 0.843. The maximum atomic E-state index is 16.0. The number of fused-ring (bicyclic) bond motifs is 5. The third kappa shape index (κ3) is 29.8. The molecule has 15 amide bonds. The number of nitrogens with one attached hydrogen (secondary N) is 10. The van der Waals surface area contributed by atoms with E-state index >= 15 is 52.7 Å². The Kier molecular flexibility index (Phi) is 40.2. The molecule has 0 aliphatic carbocycles. The summed E-state index contributed by atoms with van der Waals surface area (Å²) < 4.78 is 14.5. The molecule has 4 aliphatic rings. The number of unbranched alkanes of at least 4 members (excludes halogenated alkanes) is 2. The average molecular weight is 1970 g/mol. The second kappa shape index (κ2) is 50.6. The Bertz CT molecular complexity index is 5310. The number of carbonyl (C=O) groups is 18. The second-order valence-corrected chi connectivity index (χ2v) is 41.2. The first-order valence-corrected chi connectivity index (χ1v) is 49.5. The van der Waals surface area contributed by atoms with Crippen LogP contribution in [0.4, 0.5) is 4.39 Å². The van der Waals surface area contributed by atoms with Crippen LogP contribution in [0.25, 0.3) is 21.8 Å². The van der Waals surface area contributed by atoms with Crippen molar-refractivity contribution in [1.29, 1.82) is 0 Å². The van der Waals surface area contributed by atoms with Gasteiger partial charge in [0, 0.05) is 110 Å². The zero-order valence-corrected chi connectivity index (χ0v) is 83.1. The Morgan fingerprint density at radius 1 is 0.529 bits per heavy atom. The van der Waals surface area contributed by atoms with Crippen LogP contribution in [0.3, 0.4) is 0 Å². The lowest BCUT2D eigenvalue weighted by atomic mass is 9.87. The number of para-hydroxylation sites is 2. The molecule has 0 spiro atoms. The molecule has 4 saturated heterocycles. The van der Waals surface area contributed by atoms with Crippen molar-refractivity contribution in [3.63, 3.8) is 0 Å². The number of carboxylic acid groups (broad SMARTS) is 2. The lowest BCUT2D eigenvalue weighted by molar-refractivity contribution is -0.149. The largest absolute Gasteiger partial charge is 0.481 e. The van der Waals surface area contributed by atoms with Crippen LogP contribution in [0.5, 0.6) is 0 Å². The van der Waals surface area contributed by atoms with Crippen LogP contribution < -0.4 is 59.3 Å². The molecule has 9 rings (SSSR count). The molecule has 4 aliphatic heterocycles. The second-order valence-electron chi connectivity index (χ2n) is 39.6. The van der Waals surface area contributed by atoms with Crippen molar-refractivity contribution in [2.45, 2.75) is 313 Å². The smallest absolute Gasteiger partial charge is 0.323 e. The fourth-order valence-corrected chi connectivity index (χ4v) is 19.6. The van der Waals surface area contributed by atoms with Gasteiger partial charge in [-0.25, -0.2) is 4.39 Å². The lowest BCUT2D eigenvalue weighted by Gasteiger charge is -2.38. The molecule has 3 aromatic carbocycles. The molecule has 15 atom stereocenters. The Morgan fingerprint density at radius 3 is 1.65 bits per heavy atom. The molecule has 17 N–H and O–H groups in total. The molecule has 0 unspecified atom stereocenters. The number of piperidine rings is 1. The normalized spacial score (nSPS) is 25.4. The predicted molar refractivity (Wildman–Crippen MR) is 519 cm³/mol. The first-order chi connectivity index (χ1) is 66.1. The van der Waals surface area contributed by atoms with Gasteiger partial charge in [-0.05, 0) is 144 Å². The van der Waals surface area contributed by atoms with Crippen molar-refractivity contribution < 1.29 is 106 Å². The van der Waals surface area contributed by atoms with Crippen molar-refractivity contribution in [2.24, 2.45) is 28.7 Å². The number of halogens is 1. The van der Waals surface area contributed by atoms with Gasteiger partial charge in [0.15, 0.2) is 0 Å². The highest BCUT2D eigenvalue weighted by Crippen LogP contribution is 2.33. The number of aliphatic hydroxyl groups excluding tert-OH is 1. The number of Topliss-reactive ketones (excluding diaryl/α,β-unsaturated/α-hetero) is 1. The number of carbonyl (C=O) groups excluding carboxylic acids is 16. The van der Waals surface area contributed by atoms with Gasteiger partial charge in [-0.2, -0.15) is 0 Å². The number of benzene rings is 3. The summed E-state index contributed by atoms with van der Waals surface area (Å²) in [5.41, 5.74) is 13.7. The third-order valence-corrected chi connectivity index (χ3v) is 27.7. The SMILES string of the molecule is CCCC[C@H]1C(=O)N(C)[C@@H](CCCC)C(=O)N[C@@H](CC(C)C)C(=O)N[C@H](C(N)=O)C(C)(C)SCC(=O)N[C@@H](Cc2ccc(F)cc2)C(=O)N2CCCC[C@H]2C(=O)N[C@@H](CC(=O)O)C(=O)N2CCC[C@H]2C(=O)N[C@@H](CCC(=O)C(C)(C)C)C(=O)N[C@@H](CC(C)C)C(=O)N2C[C@H](O)C[C@H]2C(=O)N[C@@H](Cc2c[nH]c3ccccc23)C(=O)N[C@@H](CCN)C(=O)N[C@@H](Cc2cn(CC(=O)O)c3ccccc23)C(=O)N1C. The van der Waals surface area contributed by atoms with E-state index in [1.807, 2.05) is 13.8 Å². The summed E-state index contributed by atoms with van der Waals surface area (Å²) in [5.74, 6) is -18.8. The van der Waals surface area contributed by atoms with Crippen LogP contribution in [-0.2, 0) is 112 Å². The number of aliphatic carboxylic acids is 2. The number of H-pyrrole nitrogens is 1. The minimum absolute atomic E-state index is 0.0121. The van der Waals surface area contributed by atoms with E-state index in [9.17, 15) is 53.3 Å². The van der Waals surface area contributed by atoms with Crippen molar-refractivity contribution in [3.8, 4) is 0 Å². The quantitative estimate of drug-likeness (QED) is 0.0377. The molecular weight excluding hydrogens is 1830 g/mol. The van der Waals surface area contributed by atoms with Gasteiger partial charge in [-0.3, -0.25) is 86.3 Å². The lowest BCUT2D eigenvalue weighted by Crippen LogP contribution is -2.62. The number of aromatic nitrogens is 2. The number of aliphatic hydroxyl groups is 1. The van der Waals surface area contributed by atoms with Crippen molar-refractivity contribution in [3.05, 3.63) is 108 Å². The fraction of sp³-hybridized carbons (Fsp3) is 0.596. The van der Waals surface area contributed by atoms with Crippen LogP contribution in [0.2, 0.25) is 0 Å². The first-order valence-electron chi connectivity index (χ1n) is 48.5. The van der Waals surface area contributed by atoms with Crippen molar-refractivity contribution >= 4 is 140 Å². The van der Waals surface area contributed by atoms with Gasteiger partial charge in [-0.1, -0.05) is 137 Å². The molecule has 766 valence electrons. The van der Waals surface area contributed by atoms with Crippen LogP contribution >= 0.6 is 11.8 Å². The Hall–Kier alpha value is -12.4. The van der Waals surface area contributed by atoms with Gasteiger partial charge in [0.1, 0.15) is 103 Å². The van der Waals surface area contributed by atoms with Gasteiger partial charge < -0.3 is 109 Å². The molecule has 2 aromatic heterocycles. The van der Waals surface area contributed by atoms with Gasteiger partial charge >= 0.3 is 11.9 Å². The molecule has 0 radical (unpaired) electrons. The highest BCUT2D eigenvalue weighted by atomic mass is 32.2.